The Morgan fingerprint density at radius 2 is 2.00 bits per heavy atom. The molecule has 1 aromatic rings. The summed E-state index contributed by atoms with van der Waals surface area (Å²) in [5.41, 5.74) is 0.552. The minimum absolute atomic E-state index is 0.0660. The molecule has 0 unspecified atom stereocenters. The molecule has 1 amide bonds. The van der Waals surface area contributed by atoms with Crippen molar-refractivity contribution in [3.63, 3.8) is 0 Å². The van der Waals surface area contributed by atoms with E-state index in [1.807, 2.05) is 0 Å². The smallest absolute Gasteiger partial charge is 0.259 e. The first kappa shape index (κ1) is 13.5. The molecule has 0 aliphatic carbocycles. The van der Waals surface area contributed by atoms with Gasteiger partial charge in [0.25, 0.3) is 15.9 Å². The van der Waals surface area contributed by atoms with Crippen molar-refractivity contribution in [2.75, 3.05) is 0 Å². The molecule has 2 rings (SSSR count). The summed E-state index contributed by atoms with van der Waals surface area (Å²) in [6.07, 6.45) is 0. The van der Waals surface area contributed by atoms with Gasteiger partial charge in [-0.15, -0.1) is 0 Å². The van der Waals surface area contributed by atoms with Gasteiger partial charge in [-0.1, -0.05) is 6.07 Å². The van der Waals surface area contributed by atoms with Crippen LogP contribution in [0.25, 0.3) is 0 Å². The van der Waals surface area contributed by atoms with Crippen LogP contribution in [0.2, 0.25) is 0 Å². The second kappa shape index (κ2) is 4.03. The van der Waals surface area contributed by atoms with Crippen LogP contribution in [0.15, 0.2) is 22.7 Å². The minimum atomic E-state index is -3.60. The molecule has 0 radical (unpaired) electrons. The van der Waals surface area contributed by atoms with Crippen LogP contribution in [-0.2, 0) is 21.4 Å². The van der Waals surface area contributed by atoms with Crippen LogP contribution < -0.4 is 0 Å². The van der Waals surface area contributed by atoms with E-state index in [2.05, 4.69) is 15.9 Å². The summed E-state index contributed by atoms with van der Waals surface area (Å²) in [4.78, 5) is 11.7. The maximum absolute atomic E-state index is 13.0. The van der Waals surface area contributed by atoms with E-state index < -0.39 is 26.5 Å². The maximum atomic E-state index is 13.0. The summed E-state index contributed by atoms with van der Waals surface area (Å²) in [7, 11) is -3.60. The second-order valence-electron chi connectivity index (χ2n) is 4.58. The molecule has 18 heavy (non-hydrogen) atoms. The first-order valence-corrected chi connectivity index (χ1v) is 7.42. The fraction of sp³-hybridized carbons (Fsp3) is 0.364. The van der Waals surface area contributed by atoms with Crippen molar-refractivity contribution in [1.29, 1.82) is 0 Å². The highest BCUT2D eigenvalue weighted by molar-refractivity contribution is 9.10. The molecule has 1 aromatic carbocycles. The Labute approximate surface area is 113 Å². The predicted octanol–water partition coefficient (Wildman–Crippen LogP) is 2.04. The van der Waals surface area contributed by atoms with E-state index in [1.165, 1.54) is 32.0 Å². The third-order valence-corrected chi connectivity index (χ3v) is 5.93. The van der Waals surface area contributed by atoms with Gasteiger partial charge >= 0.3 is 0 Å². The summed E-state index contributed by atoms with van der Waals surface area (Å²) in [5, 5.41) is 0. The molecule has 0 saturated carbocycles. The molecule has 1 fully saturated rings. The van der Waals surface area contributed by atoms with Gasteiger partial charge in [0, 0.05) is 0 Å². The zero-order valence-electron chi connectivity index (χ0n) is 9.78. The standard InChI is InChI=1S/C11H11BrFNO3S/c1-11(2)10(15)14(18(11,16)17)6-7-3-4-9(13)8(12)5-7/h3-5H,6H2,1-2H3. The minimum Gasteiger partial charge on any atom is -0.272 e. The highest BCUT2D eigenvalue weighted by Crippen LogP contribution is 2.36. The topological polar surface area (TPSA) is 54.5 Å². The average Bonchev–Trinajstić information content (AvgIpc) is 2.29. The van der Waals surface area contributed by atoms with E-state index >= 15 is 0 Å². The molecule has 7 heteroatoms. The van der Waals surface area contributed by atoms with Crippen molar-refractivity contribution in [1.82, 2.24) is 4.31 Å². The van der Waals surface area contributed by atoms with Gasteiger partial charge in [-0.3, -0.25) is 4.79 Å². The molecule has 0 atom stereocenters. The fourth-order valence-corrected chi connectivity index (χ4v) is 3.66. The number of benzene rings is 1. The van der Waals surface area contributed by atoms with E-state index in [4.69, 9.17) is 0 Å². The number of hydrogen-bond acceptors (Lipinski definition) is 3. The molecule has 98 valence electrons. The van der Waals surface area contributed by atoms with E-state index in [0.29, 0.717) is 5.56 Å². The van der Waals surface area contributed by atoms with Gasteiger partial charge < -0.3 is 0 Å². The van der Waals surface area contributed by atoms with Crippen LogP contribution in [0.4, 0.5) is 4.39 Å². The maximum Gasteiger partial charge on any atom is 0.259 e. The lowest BCUT2D eigenvalue weighted by Crippen LogP contribution is -2.66. The first-order chi connectivity index (χ1) is 8.18. The fourth-order valence-electron chi connectivity index (χ4n) is 1.72. The number of carbonyl (C=O) groups excluding carboxylic acids is 1. The molecule has 1 saturated heterocycles. The highest BCUT2D eigenvalue weighted by Gasteiger charge is 2.59. The van der Waals surface area contributed by atoms with E-state index in [9.17, 15) is 17.6 Å². The van der Waals surface area contributed by atoms with Crippen LogP contribution >= 0.6 is 15.9 Å². The molecule has 1 aliphatic rings. The molecule has 1 aliphatic heterocycles. The van der Waals surface area contributed by atoms with Gasteiger partial charge in [0.1, 0.15) is 5.82 Å². The molecule has 0 N–H and O–H groups in total. The largest absolute Gasteiger partial charge is 0.272 e. The lowest BCUT2D eigenvalue weighted by Gasteiger charge is -2.43. The first-order valence-electron chi connectivity index (χ1n) is 5.18. The summed E-state index contributed by atoms with van der Waals surface area (Å²) in [5.74, 6) is -0.875. The summed E-state index contributed by atoms with van der Waals surface area (Å²) in [6, 6.07) is 4.14. The summed E-state index contributed by atoms with van der Waals surface area (Å²) < 4.78 is 36.4. The Morgan fingerprint density at radius 3 is 2.50 bits per heavy atom. The van der Waals surface area contributed by atoms with Crippen LogP contribution in [0.3, 0.4) is 0 Å². The van der Waals surface area contributed by atoms with Gasteiger partial charge in [0.2, 0.25) is 0 Å². The predicted molar refractivity (Wildman–Crippen MR) is 67.6 cm³/mol. The van der Waals surface area contributed by atoms with E-state index in [0.717, 1.165) is 4.31 Å². The molecular weight excluding hydrogens is 325 g/mol. The zero-order chi connectivity index (χ0) is 13.7. The third kappa shape index (κ3) is 1.76. The van der Waals surface area contributed by atoms with Crippen molar-refractivity contribution in [2.24, 2.45) is 0 Å². The highest BCUT2D eigenvalue weighted by atomic mass is 79.9. The lowest BCUT2D eigenvalue weighted by molar-refractivity contribution is -0.132. The molecule has 0 aromatic heterocycles. The van der Waals surface area contributed by atoms with Gasteiger partial charge in [-0.25, -0.2) is 17.1 Å². The average molecular weight is 336 g/mol. The van der Waals surface area contributed by atoms with Gasteiger partial charge in [0.05, 0.1) is 11.0 Å². The van der Waals surface area contributed by atoms with Crippen LogP contribution in [0, 0.1) is 5.82 Å². The Hall–Kier alpha value is -0.950. The quantitative estimate of drug-likeness (QED) is 0.831. The number of amides is 1. The number of hydrogen-bond donors (Lipinski definition) is 0. The SMILES string of the molecule is CC1(C)C(=O)N(Cc2ccc(F)c(Br)c2)S1(=O)=O. The van der Waals surface area contributed by atoms with E-state index in [1.54, 1.807) is 0 Å². The number of carbonyl (C=O) groups is 1. The van der Waals surface area contributed by atoms with Crippen molar-refractivity contribution in [3.05, 3.63) is 34.1 Å². The molecule has 0 bridgehead atoms. The van der Waals surface area contributed by atoms with Crippen molar-refractivity contribution >= 4 is 31.9 Å². The summed E-state index contributed by atoms with van der Waals surface area (Å²) >= 11 is 3.01. The Balaban J connectivity index is 2.27. The summed E-state index contributed by atoms with van der Waals surface area (Å²) in [6.45, 7) is 2.69. The second-order valence-corrected chi connectivity index (χ2v) is 7.84. The van der Waals surface area contributed by atoms with E-state index in [-0.39, 0.29) is 11.0 Å². The molecule has 4 nitrogen and oxygen atoms in total. The Morgan fingerprint density at radius 1 is 1.39 bits per heavy atom. The lowest BCUT2D eigenvalue weighted by atomic mass is 10.1. The van der Waals surface area contributed by atoms with Crippen molar-refractivity contribution in [2.45, 2.75) is 25.1 Å². The molecule has 1 heterocycles. The van der Waals surface area contributed by atoms with Gasteiger partial charge in [-0.05, 0) is 47.5 Å². The van der Waals surface area contributed by atoms with Gasteiger partial charge in [-0.2, -0.15) is 0 Å². The normalized spacial score (nSPS) is 20.7. The monoisotopic (exact) mass is 335 g/mol. The van der Waals surface area contributed by atoms with Crippen LogP contribution in [-0.4, -0.2) is 23.4 Å². The third-order valence-electron chi connectivity index (χ3n) is 2.99. The van der Waals surface area contributed by atoms with Crippen molar-refractivity contribution < 1.29 is 17.6 Å². The molecular formula is C11H11BrFNO3S. The zero-order valence-corrected chi connectivity index (χ0v) is 12.2. The Bertz CT molecular complexity index is 627. The van der Waals surface area contributed by atoms with Crippen molar-refractivity contribution in [3.8, 4) is 0 Å². The number of sulfonamides is 1. The number of rotatable bonds is 2. The van der Waals surface area contributed by atoms with Crippen LogP contribution in [0.1, 0.15) is 19.4 Å². The number of nitrogens with zero attached hydrogens (tertiary/aromatic N) is 1. The van der Waals surface area contributed by atoms with Crippen LogP contribution in [0.5, 0.6) is 0 Å². The molecule has 0 spiro atoms. The number of halogens is 2. The van der Waals surface area contributed by atoms with Gasteiger partial charge in [0.15, 0.2) is 4.75 Å². The Kier molecular flexibility index (Phi) is 3.02.